The molecule has 0 heterocycles. The fourth-order valence-electron chi connectivity index (χ4n) is 0.858. The Balaban J connectivity index is 3.98. The molecule has 0 aromatic rings. The second-order valence-electron chi connectivity index (χ2n) is 3.14. The lowest BCUT2D eigenvalue weighted by Crippen LogP contribution is -2.21. The number of carbonyl (C=O) groups excluding carboxylic acids is 1. The molecule has 0 amide bonds. The number of alkyl halides is 2. The molecule has 1 atom stereocenters. The Morgan fingerprint density at radius 2 is 2.08 bits per heavy atom. The molecule has 0 N–H and O–H groups in total. The van der Waals surface area contributed by atoms with Crippen LogP contribution in [0.15, 0.2) is 12.7 Å². The minimum Gasteiger partial charge on any atom is -0.456 e. The lowest BCUT2D eigenvalue weighted by Gasteiger charge is -2.16. The lowest BCUT2D eigenvalue weighted by atomic mass is 10.1. The van der Waals surface area contributed by atoms with Gasteiger partial charge in [-0.3, -0.25) is 0 Å². The van der Waals surface area contributed by atoms with Gasteiger partial charge in [0.15, 0.2) is 0 Å². The quantitative estimate of drug-likeness (QED) is 0.408. The van der Waals surface area contributed by atoms with Gasteiger partial charge in [-0.25, -0.2) is 4.79 Å². The van der Waals surface area contributed by atoms with Crippen LogP contribution in [0.4, 0.5) is 0 Å². The number of halogens is 2. The largest absolute Gasteiger partial charge is 0.456 e. The molecule has 0 bridgehead atoms. The van der Waals surface area contributed by atoms with E-state index < -0.39 is 10.8 Å². The van der Waals surface area contributed by atoms with E-state index in [-0.39, 0.29) is 6.10 Å². The molecule has 0 aromatic heterocycles. The van der Waals surface area contributed by atoms with Gasteiger partial charge in [0.05, 0.1) is 0 Å². The number of hydrogen-bond acceptors (Lipinski definition) is 2. The number of ether oxygens (including phenoxy) is 1. The zero-order valence-electron chi connectivity index (χ0n) is 7.80. The summed E-state index contributed by atoms with van der Waals surface area (Å²) in [5.41, 5.74) is 0. The molecule has 76 valence electrons. The predicted octanol–water partition coefficient (Wildman–Crippen LogP) is 2.93. The van der Waals surface area contributed by atoms with Crippen molar-refractivity contribution < 1.29 is 9.53 Å². The zero-order chi connectivity index (χ0) is 10.4. The highest BCUT2D eigenvalue weighted by Crippen LogP contribution is 2.12. The van der Waals surface area contributed by atoms with Crippen molar-refractivity contribution in [3.05, 3.63) is 12.7 Å². The molecule has 4 heteroatoms. The molecule has 0 saturated heterocycles. The highest BCUT2D eigenvalue weighted by molar-refractivity contribution is 6.52. The molecule has 1 unspecified atom stereocenters. The molecule has 0 spiro atoms. The van der Waals surface area contributed by atoms with Gasteiger partial charge in [0, 0.05) is 0 Å². The fraction of sp³-hybridized carbons (Fsp3) is 0.667. The van der Waals surface area contributed by atoms with Crippen molar-refractivity contribution in [3.8, 4) is 0 Å². The van der Waals surface area contributed by atoms with E-state index in [1.54, 1.807) is 6.08 Å². The van der Waals surface area contributed by atoms with Gasteiger partial charge in [-0.1, -0.05) is 49.7 Å². The van der Waals surface area contributed by atoms with Crippen LogP contribution in [0.3, 0.4) is 0 Å². The summed E-state index contributed by atoms with van der Waals surface area (Å²) in [5.74, 6) is -0.186. The molecule has 0 saturated carbocycles. The first-order valence-corrected chi connectivity index (χ1v) is 4.95. The third kappa shape index (κ3) is 5.94. The number of hydrogen-bond donors (Lipinski definition) is 0. The Labute approximate surface area is 88.9 Å². The molecule has 2 nitrogen and oxygen atoms in total. The lowest BCUT2D eigenvalue weighted by molar-refractivity contribution is -0.145. The van der Waals surface area contributed by atoms with Crippen LogP contribution in [0, 0.1) is 5.92 Å². The van der Waals surface area contributed by atoms with Gasteiger partial charge in [-0.2, -0.15) is 0 Å². The first kappa shape index (κ1) is 12.8. The maximum absolute atomic E-state index is 11.0. The second kappa shape index (κ2) is 6.28. The number of carbonyl (C=O) groups is 1. The normalized spacial score (nSPS) is 13.1. The molecular formula is C9H14Cl2O2. The first-order chi connectivity index (χ1) is 5.97. The Morgan fingerprint density at radius 3 is 2.38 bits per heavy atom. The van der Waals surface area contributed by atoms with Gasteiger partial charge in [0.25, 0.3) is 0 Å². The van der Waals surface area contributed by atoms with Crippen molar-refractivity contribution in [1.82, 2.24) is 0 Å². The summed E-state index contributed by atoms with van der Waals surface area (Å²) in [5, 5.41) is 0. The van der Waals surface area contributed by atoms with Crippen molar-refractivity contribution in [2.24, 2.45) is 5.92 Å². The average Bonchev–Trinajstić information content (AvgIpc) is 2.02. The summed E-state index contributed by atoms with van der Waals surface area (Å²) in [7, 11) is 0. The highest BCUT2D eigenvalue weighted by Gasteiger charge is 2.18. The van der Waals surface area contributed by atoms with Gasteiger partial charge in [-0.15, -0.1) is 0 Å². The van der Waals surface area contributed by atoms with E-state index in [1.807, 2.05) is 13.8 Å². The van der Waals surface area contributed by atoms with Crippen LogP contribution in [0.1, 0.15) is 20.3 Å². The van der Waals surface area contributed by atoms with Crippen LogP contribution in [0.25, 0.3) is 0 Å². The van der Waals surface area contributed by atoms with Crippen LogP contribution < -0.4 is 0 Å². The maximum Gasteiger partial charge on any atom is 0.340 e. The predicted molar refractivity (Wildman–Crippen MR) is 55.0 cm³/mol. The third-order valence-corrected chi connectivity index (χ3v) is 1.77. The van der Waals surface area contributed by atoms with Crippen molar-refractivity contribution >= 4 is 29.2 Å². The van der Waals surface area contributed by atoms with Gasteiger partial charge >= 0.3 is 5.97 Å². The van der Waals surface area contributed by atoms with Gasteiger partial charge in [-0.05, 0) is 12.3 Å². The third-order valence-electron chi connectivity index (χ3n) is 1.41. The highest BCUT2D eigenvalue weighted by atomic mass is 35.5. The average molecular weight is 225 g/mol. The molecule has 0 aliphatic rings. The monoisotopic (exact) mass is 224 g/mol. The first-order valence-electron chi connectivity index (χ1n) is 4.08. The van der Waals surface area contributed by atoms with Crippen molar-refractivity contribution in [2.45, 2.75) is 31.2 Å². The van der Waals surface area contributed by atoms with Crippen LogP contribution in [0.5, 0.6) is 0 Å². The molecule has 0 radical (unpaired) electrons. The zero-order valence-corrected chi connectivity index (χ0v) is 9.31. The molecular weight excluding hydrogens is 211 g/mol. The number of esters is 1. The Morgan fingerprint density at radius 1 is 1.54 bits per heavy atom. The van der Waals surface area contributed by atoms with Crippen molar-refractivity contribution in [2.75, 3.05) is 0 Å². The summed E-state index contributed by atoms with van der Waals surface area (Å²) in [6.07, 6.45) is 2.01. The van der Waals surface area contributed by atoms with Crippen molar-refractivity contribution in [3.63, 3.8) is 0 Å². The van der Waals surface area contributed by atoms with E-state index in [9.17, 15) is 4.79 Å². The standard InChI is InChI=1S/C9H14Cl2O2/c1-4-7(5-6(2)3)13-9(12)8(10)11/h4,6-8H,1,5H2,2-3H3. The molecule has 0 aromatic carbocycles. The Kier molecular flexibility index (Phi) is 6.17. The number of rotatable bonds is 5. The van der Waals surface area contributed by atoms with Crippen molar-refractivity contribution in [1.29, 1.82) is 0 Å². The van der Waals surface area contributed by atoms with E-state index in [0.717, 1.165) is 6.42 Å². The van der Waals surface area contributed by atoms with E-state index in [1.165, 1.54) is 0 Å². The second-order valence-corrected chi connectivity index (χ2v) is 4.24. The van der Waals surface area contributed by atoms with Crippen LogP contribution in [0.2, 0.25) is 0 Å². The summed E-state index contributed by atoms with van der Waals surface area (Å²) >= 11 is 10.6. The van der Waals surface area contributed by atoms with Gasteiger partial charge in [0.2, 0.25) is 4.84 Å². The Bertz CT molecular complexity index is 178. The van der Waals surface area contributed by atoms with Gasteiger partial charge in [0.1, 0.15) is 6.10 Å². The topological polar surface area (TPSA) is 26.3 Å². The summed E-state index contributed by atoms with van der Waals surface area (Å²) in [4.78, 5) is 9.84. The smallest absolute Gasteiger partial charge is 0.340 e. The Hall–Kier alpha value is -0.210. The molecule has 13 heavy (non-hydrogen) atoms. The molecule has 0 rings (SSSR count). The molecule has 0 aliphatic heterocycles. The summed E-state index contributed by atoms with van der Waals surface area (Å²) in [6, 6.07) is 0. The molecule has 0 fully saturated rings. The minimum atomic E-state index is -1.12. The maximum atomic E-state index is 11.0. The summed E-state index contributed by atoms with van der Waals surface area (Å²) < 4.78 is 4.95. The van der Waals surface area contributed by atoms with E-state index in [0.29, 0.717) is 5.92 Å². The van der Waals surface area contributed by atoms with E-state index in [4.69, 9.17) is 27.9 Å². The van der Waals surface area contributed by atoms with E-state index >= 15 is 0 Å². The van der Waals surface area contributed by atoms with Crippen LogP contribution in [-0.4, -0.2) is 16.9 Å². The van der Waals surface area contributed by atoms with E-state index in [2.05, 4.69) is 6.58 Å². The van der Waals surface area contributed by atoms with Crippen LogP contribution in [-0.2, 0) is 9.53 Å². The summed E-state index contributed by atoms with van der Waals surface area (Å²) in [6.45, 7) is 7.62. The SMILES string of the molecule is C=CC(CC(C)C)OC(=O)C(Cl)Cl. The minimum absolute atomic E-state index is 0.299. The fourth-order valence-corrected chi connectivity index (χ4v) is 0.961. The molecule has 0 aliphatic carbocycles. The van der Waals surface area contributed by atoms with Crippen LogP contribution >= 0.6 is 23.2 Å². The van der Waals surface area contributed by atoms with Gasteiger partial charge < -0.3 is 4.74 Å².